The molecule has 1 aromatic rings. The Morgan fingerprint density at radius 2 is 2.06 bits per heavy atom. The summed E-state index contributed by atoms with van der Waals surface area (Å²) in [5.74, 6) is -0.0480. The molecule has 0 bridgehead atoms. The highest BCUT2D eigenvalue weighted by Crippen LogP contribution is 2.07. The Bertz CT molecular complexity index is 360. The standard InChI is InChI=1S/C11H14N2O3/c14-7-1-2-11(16)13-12-8-9-3-5-10(15)6-4-9/h3-6,8,14-15H,1-2,7H2,(H,13,16)/b12-8-. The number of nitrogens with one attached hydrogen (secondary N) is 1. The summed E-state index contributed by atoms with van der Waals surface area (Å²) in [5.41, 5.74) is 3.12. The fourth-order valence-corrected chi connectivity index (χ4v) is 1.03. The highest BCUT2D eigenvalue weighted by molar-refractivity contribution is 5.82. The van der Waals surface area contributed by atoms with Crippen LogP contribution in [0.5, 0.6) is 5.75 Å². The monoisotopic (exact) mass is 222 g/mol. The van der Waals surface area contributed by atoms with Crippen LogP contribution in [-0.4, -0.2) is 28.9 Å². The Morgan fingerprint density at radius 1 is 1.38 bits per heavy atom. The summed E-state index contributed by atoms with van der Waals surface area (Å²) in [6.45, 7) is -0.00486. The molecule has 0 aliphatic heterocycles. The zero-order chi connectivity index (χ0) is 11.8. The first-order valence-corrected chi connectivity index (χ1v) is 4.94. The van der Waals surface area contributed by atoms with Gasteiger partial charge in [0.1, 0.15) is 5.75 Å². The quantitative estimate of drug-likeness (QED) is 0.504. The van der Waals surface area contributed by atoms with Gasteiger partial charge in [0, 0.05) is 13.0 Å². The van der Waals surface area contributed by atoms with Crippen molar-refractivity contribution in [3.63, 3.8) is 0 Å². The molecule has 86 valence electrons. The van der Waals surface area contributed by atoms with Gasteiger partial charge < -0.3 is 10.2 Å². The third kappa shape index (κ3) is 4.56. The van der Waals surface area contributed by atoms with E-state index in [9.17, 15) is 4.79 Å². The predicted octanol–water partition coefficient (Wildman–Crippen LogP) is 0.615. The molecule has 5 heteroatoms. The summed E-state index contributed by atoms with van der Waals surface area (Å²) in [4.78, 5) is 11.1. The van der Waals surface area contributed by atoms with Gasteiger partial charge in [0.15, 0.2) is 0 Å². The van der Waals surface area contributed by atoms with Gasteiger partial charge in [0.25, 0.3) is 0 Å². The molecule has 0 aromatic heterocycles. The zero-order valence-electron chi connectivity index (χ0n) is 8.76. The molecule has 0 aliphatic rings. The number of hydrogen-bond donors (Lipinski definition) is 3. The minimum absolute atomic E-state index is 0.00486. The summed E-state index contributed by atoms with van der Waals surface area (Å²) >= 11 is 0. The van der Waals surface area contributed by atoms with Gasteiger partial charge in [-0.25, -0.2) is 5.43 Å². The Balaban J connectivity index is 2.37. The van der Waals surface area contributed by atoms with Gasteiger partial charge in [0.05, 0.1) is 6.21 Å². The lowest BCUT2D eigenvalue weighted by atomic mass is 10.2. The number of hydrogen-bond acceptors (Lipinski definition) is 4. The highest BCUT2D eigenvalue weighted by Gasteiger charge is 1.97. The third-order valence-corrected chi connectivity index (χ3v) is 1.86. The van der Waals surface area contributed by atoms with E-state index in [0.717, 1.165) is 5.56 Å². The molecule has 0 radical (unpaired) electrons. The number of amides is 1. The minimum Gasteiger partial charge on any atom is -0.508 e. The van der Waals surface area contributed by atoms with Crippen LogP contribution < -0.4 is 5.43 Å². The predicted molar refractivity (Wildman–Crippen MR) is 60.2 cm³/mol. The second kappa shape index (κ2) is 6.58. The van der Waals surface area contributed by atoms with Crippen LogP contribution in [0.2, 0.25) is 0 Å². The number of nitrogens with zero attached hydrogens (tertiary/aromatic N) is 1. The van der Waals surface area contributed by atoms with Crippen molar-refractivity contribution in [2.75, 3.05) is 6.61 Å². The Kier molecular flexibility index (Phi) is 5.01. The number of phenols is 1. The van der Waals surface area contributed by atoms with Gasteiger partial charge in [0.2, 0.25) is 5.91 Å². The average molecular weight is 222 g/mol. The fraction of sp³-hybridized carbons (Fsp3) is 0.273. The molecule has 16 heavy (non-hydrogen) atoms. The lowest BCUT2D eigenvalue weighted by molar-refractivity contribution is -0.121. The maximum Gasteiger partial charge on any atom is 0.240 e. The normalized spacial score (nSPS) is 10.6. The third-order valence-electron chi connectivity index (χ3n) is 1.86. The first kappa shape index (κ1) is 12.2. The molecule has 0 heterocycles. The van der Waals surface area contributed by atoms with Crippen molar-refractivity contribution in [1.29, 1.82) is 0 Å². The number of aliphatic hydroxyl groups excluding tert-OH is 1. The summed E-state index contributed by atoms with van der Waals surface area (Å²) in [7, 11) is 0. The van der Waals surface area contributed by atoms with Crippen molar-refractivity contribution in [3.8, 4) is 5.75 Å². The van der Waals surface area contributed by atoms with Crippen LogP contribution in [0.4, 0.5) is 0 Å². The molecule has 0 aliphatic carbocycles. The van der Waals surface area contributed by atoms with E-state index in [1.165, 1.54) is 18.3 Å². The lowest BCUT2D eigenvalue weighted by Crippen LogP contribution is -2.17. The molecule has 0 unspecified atom stereocenters. The number of aliphatic hydroxyl groups is 1. The molecule has 0 atom stereocenters. The molecular formula is C11H14N2O3. The number of rotatable bonds is 5. The number of carbonyl (C=O) groups is 1. The molecule has 0 spiro atoms. The Labute approximate surface area is 93.4 Å². The van der Waals surface area contributed by atoms with Crippen molar-refractivity contribution in [2.45, 2.75) is 12.8 Å². The number of carbonyl (C=O) groups excluding carboxylic acids is 1. The van der Waals surface area contributed by atoms with E-state index in [-0.39, 0.29) is 24.7 Å². The minimum atomic E-state index is -0.232. The largest absolute Gasteiger partial charge is 0.508 e. The maximum atomic E-state index is 11.1. The van der Waals surface area contributed by atoms with Crippen molar-refractivity contribution >= 4 is 12.1 Å². The van der Waals surface area contributed by atoms with Gasteiger partial charge in [-0.15, -0.1) is 0 Å². The molecule has 0 fully saturated rings. The summed E-state index contributed by atoms with van der Waals surface area (Å²) in [6.07, 6.45) is 2.17. The highest BCUT2D eigenvalue weighted by atomic mass is 16.3. The van der Waals surface area contributed by atoms with Gasteiger partial charge >= 0.3 is 0 Å². The van der Waals surface area contributed by atoms with E-state index < -0.39 is 0 Å². The van der Waals surface area contributed by atoms with Crippen LogP contribution in [0, 0.1) is 0 Å². The molecule has 3 N–H and O–H groups in total. The van der Waals surface area contributed by atoms with E-state index in [2.05, 4.69) is 10.5 Å². The van der Waals surface area contributed by atoms with Gasteiger partial charge in [-0.3, -0.25) is 4.79 Å². The molecular weight excluding hydrogens is 208 g/mol. The van der Waals surface area contributed by atoms with Crippen LogP contribution in [0.1, 0.15) is 18.4 Å². The second-order valence-electron chi connectivity index (χ2n) is 3.21. The van der Waals surface area contributed by atoms with Crippen LogP contribution in [0.15, 0.2) is 29.4 Å². The van der Waals surface area contributed by atoms with Crippen molar-refractivity contribution in [1.82, 2.24) is 5.43 Å². The molecule has 1 aromatic carbocycles. The van der Waals surface area contributed by atoms with Gasteiger partial charge in [-0.2, -0.15) is 5.10 Å². The topological polar surface area (TPSA) is 81.9 Å². The van der Waals surface area contributed by atoms with E-state index in [0.29, 0.717) is 6.42 Å². The van der Waals surface area contributed by atoms with Crippen LogP contribution in [-0.2, 0) is 4.79 Å². The van der Waals surface area contributed by atoms with Crippen LogP contribution >= 0.6 is 0 Å². The number of phenolic OH excluding ortho intramolecular Hbond substituents is 1. The lowest BCUT2D eigenvalue weighted by Gasteiger charge is -1.97. The zero-order valence-corrected chi connectivity index (χ0v) is 8.76. The summed E-state index contributed by atoms with van der Waals surface area (Å²) in [6, 6.07) is 6.43. The molecule has 1 rings (SSSR count). The second-order valence-corrected chi connectivity index (χ2v) is 3.21. The number of aromatic hydroxyl groups is 1. The summed E-state index contributed by atoms with van der Waals surface area (Å²) in [5, 5.41) is 21.3. The molecule has 5 nitrogen and oxygen atoms in total. The Hall–Kier alpha value is -1.88. The Morgan fingerprint density at radius 3 is 2.69 bits per heavy atom. The molecule has 0 saturated heterocycles. The van der Waals surface area contributed by atoms with Crippen molar-refractivity contribution in [2.24, 2.45) is 5.10 Å². The van der Waals surface area contributed by atoms with Gasteiger partial charge in [-0.1, -0.05) is 0 Å². The van der Waals surface area contributed by atoms with E-state index in [1.807, 2.05) is 0 Å². The van der Waals surface area contributed by atoms with E-state index in [4.69, 9.17) is 10.2 Å². The summed E-state index contributed by atoms with van der Waals surface area (Å²) < 4.78 is 0. The SMILES string of the molecule is O=C(CCCO)N/N=C\c1ccc(O)cc1. The first-order chi connectivity index (χ1) is 7.72. The van der Waals surface area contributed by atoms with E-state index in [1.54, 1.807) is 12.1 Å². The molecule has 0 saturated carbocycles. The number of hydrazone groups is 1. The first-order valence-electron chi connectivity index (χ1n) is 4.94. The maximum absolute atomic E-state index is 11.1. The van der Waals surface area contributed by atoms with Crippen LogP contribution in [0.25, 0.3) is 0 Å². The van der Waals surface area contributed by atoms with Crippen molar-refractivity contribution in [3.05, 3.63) is 29.8 Å². The van der Waals surface area contributed by atoms with Crippen LogP contribution in [0.3, 0.4) is 0 Å². The van der Waals surface area contributed by atoms with Crippen molar-refractivity contribution < 1.29 is 15.0 Å². The smallest absolute Gasteiger partial charge is 0.240 e. The fourth-order valence-electron chi connectivity index (χ4n) is 1.03. The van der Waals surface area contributed by atoms with Gasteiger partial charge in [-0.05, 0) is 36.2 Å². The average Bonchev–Trinajstić information content (AvgIpc) is 2.29. The number of benzene rings is 1. The molecule has 1 amide bonds. The van der Waals surface area contributed by atoms with E-state index >= 15 is 0 Å².